The van der Waals surface area contributed by atoms with Crippen molar-refractivity contribution in [1.29, 1.82) is 5.26 Å². The molecule has 1 aromatic heterocycles. The minimum absolute atomic E-state index is 0.604. The molecule has 0 saturated heterocycles. The molecule has 0 atom stereocenters. The van der Waals surface area contributed by atoms with Crippen molar-refractivity contribution < 1.29 is 4.79 Å². The Morgan fingerprint density at radius 3 is 2.80 bits per heavy atom. The fourth-order valence-electron chi connectivity index (χ4n) is 0.674. The Labute approximate surface area is 62.7 Å². The van der Waals surface area contributed by atoms with Crippen molar-refractivity contribution in [3.05, 3.63) is 21.4 Å². The second-order valence-corrected chi connectivity index (χ2v) is 3.14. The lowest BCUT2D eigenvalue weighted by atomic mass is 10.3. The molecule has 1 rings (SSSR count). The number of hydrogen-bond donors (Lipinski definition) is 0. The van der Waals surface area contributed by atoms with Crippen LogP contribution in [0.4, 0.5) is 0 Å². The van der Waals surface area contributed by atoms with Gasteiger partial charge in [0.15, 0.2) is 6.29 Å². The van der Waals surface area contributed by atoms with Crippen LogP contribution in [-0.4, -0.2) is 6.29 Å². The number of thiophene rings is 1. The predicted octanol–water partition coefficient (Wildman–Crippen LogP) is 1.74. The number of carbonyl (C=O) groups is 1. The second-order valence-electron chi connectivity index (χ2n) is 1.85. The van der Waals surface area contributed by atoms with Crippen molar-refractivity contribution in [2.75, 3.05) is 0 Å². The van der Waals surface area contributed by atoms with Gasteiger partial charge in [0.05, 0.1) is 10.4 Å². The molecule has 0 unspecified atom stereocenters. The summed E-state index contributed by atoms with van der Waals surface area (Å²) in [6.45, 7) is 1.83. The minimum atomic E-state index is 0.604. The summed E-state index contributed by atoms with van der Waals surface area (Å²) in [5, 5.41) is 8.47. The van der Waals surface area contributed by atoms with Gasteiger partial charge in [-0.05, 0) is 13.0 Å². The molecule has 2 nitrogen and oxygen atoms in total. The molecule has 0 aliphatic heterocycles. The van der Waals surface area contributed by atoms with Crippen LogP contribution >= 0.6 is 11.3 Å². The SMILES string of the molecule is Cc1sc(C=O)cc1C#N. The number of carbonyl (C=O) groups excluding carboxylic acids is 1. The van der Waals surface area contributed by atoms with E-state index in [1.807, 2.05) is 13.0 Å². The molecular formula is C7H5NOS. The summed E-state index contributed by atoms with van der Waals surface area (Å²) in [5.41, 5.74) is 0.604. The first kappa shape index (κ1) is 6.97. The van der Waals surface area contributed by atoms with Gasteiger partial charge in [0.25, 0.3) is 0 Å². The van der Waals surface area contributed by atoms with Crippen LogP contribution in [0.2, 0.25) is 0 Å². The van der Waals surface area contributed by atoms with Gasteiger partial charge in [0, 0.05) is 4.88 Å². The molecule has 50 valence electrons. The second kappa shape index (κ2) is 2.63. The van der Waals surface area contributed by atoms with E-state index in [1.54, 1.807) is 6.07 Å². The van der Waals surface area contributed by atoms with Gasteiger partial charge in [-0.2, -0.15) is 5.26 Å². The van der Waals surface area contributed by atoms with Crippen LogP contribution in [0, 0.1) is 18.3 Å². The number of aldehydes is 1. The Morgan fingerprint density at radius 2 is 2.50 bits per heavy atom. The molecule has 0 amide bonds. The minimum Gasteiger partial charge on any atom is -0.297 e. The lowest BCUT2D eigenvalue weighted by Crippen LogP contribution is -1.68. The average Bonchev–Trinajstić information content (AvgIpc) is 2.30. The van der Waals surface area contributed by atoms with E-state index in [-0.39, 0.29) is 0 Å². The number of rotatable bonds is 1. The van der Waals surface area contributed by atoms with Crippen LogP contribution in [0.3, 0.4) is 0 Å². The molecule has 0 radical (unpaired) electrons. The Morgan fingerprint density at radius 1 is 1.80 bits per heavy atom. The Bertz CT molecular complexity index is 295. The van der Waals surface area contributed by atoms with Crippen LogP contribution in [0.15, 0.2) is 6.07 Å². The van der Waals surface area contributed by atoms with E-state index >= 15 is 0 Å². The quantitative estimate of drug-likeness (QED) is 0.573. The van der Waals surface area contributed by atoms with Gasteiger partial charge >= 0.3 is 0 Å². The van der Waals surface area contributed by atoms with Crippen molar-refractivity contribution in [1.82, 2.24) is 0 Å². The molecule has 3 heteroatoms. The van der Waals surface area contributed by atoms with Crippen molar-refractivity contribution >= 4 is 17.6 Å². The molecule has 0 aliphatic carbocycles. The largest absolute Gasteiger partial charge is 0.297 e. The van der Waals surface area contributed by atoms with Crippen LogP contribution < -0.4 is 0 Å². The Balaban J connectivity index is 3.19. The zero-order chi connectivity index (χ0) is 7.56. The van der Waals surface area contributed by atoms with Gasteiger partial charge in [0.2, 0.25) is 0 Å². The summed E-state index contributed by atoms with van der Waals surface area (Å²) in [6.07, 6.45) is 0.762. The van der Waals surface area contributed by atoms with Gasteiger partial charge in [-0.15, -0.1) is 11.3 Å². The standard InChI is InChI=1S/C7H5NOS/c1-5-6(3-8)2-7(4-9)10-5/h2,4H,1H3. The first-order valence-corrected chi connectivity index (χ1v) is 3.55. The van der Waals surface area contributed by atoms with E-state index in [0.29, 0.717) is 10.4 Å². The van der Waals surface area contributed by atoms with Crippen molar-refractivity contribution in [3.63, 3.8) is 0 Å². The fraction of sp³-hybridized carbons (Fsp3) is 0.143. The highest BCUT2D eigenvalue weighted by Crippen LogP contribution is 2.18. The molecule has 0 N–H and O–H groups in total. The third-order valence-electron chi connectivity index (χ3n) is 1.17. The van der Waals surface area contributed by atoms with Crippen LogP contribution in [0.5, 0.6) is 0 Å². The van der Waals surface area contributed by atoms with Gasteiger partial charge in [-0.25, -0.2) is 0 Å². The number of aryl methyl sites for hydroxylation is 1. The van der Waals surface area contributed by atoms with E-state index in [1.165, 1.54) is 11.3 Å². The summed E-state index contributed by atoms with van der Waals surface area (Å²) < 4.78 is 0. The maximum atomic E-state index is 10.2. The van der Waals surface area contributed by atoms with Gasteiger partial charge < -0.3 is 0 Å². The maximum Gasteiger partial charge on any atom is 0.160 e. The molecule has 10 heavy (non-hydrogen) atoms. The van der Waals surface area contributed by atoms with E-state index in [2.05, 4.69) is 0 Å². The van der Waals surface area contributed by atoms with Crippen LogP contribution in [0.1, 0.15) is 20.1 Å². The lowest BCUT2D eigenvalue weighted by Gasteiger charge is -1.76. The molecule has 0 saturated carbocycles. The Hall–Kier alpha value is -1.14. The maximum absolute atomic E-state index is 10.2. The molecule has 1 aromatic rings. The zero-order valence-electron chi connectivity index (χ0n) is 5.42. The highest BCUT2D eigenvalue weighted by molar-refractivity contribution is 7.13. The molecule has 1 heterocycles. The average molecular weight is 151 g/mol. The molecule has 0 spiro atoms. The third kappa shape index (κ3) is 1.07. The smallest absolute Gasteiger partial charge is 0.160 e. The normalized spacial score (nSPS) is 8.80. The van der Waals surface area contributed by atoms with Crippen molar-refractivity contribution in [3.8, 4) is 6.07 Å². The fourth-order valence-corrected chi connectivity index (χ4v) is 1.47. The van der Waals surface area contributed by atoms with E-state index in [0.717, 1.165) is 11.2 Å². The first-order valence-electron chi connectivity index (χ1n) is 2.73. The van der Waals surface area contributed by atoms with Gasteiger partial charge in [-0.3, -0.25) is 4.79 Å². The zero-order valence-corrected chi connectivity index (χ0v) is 6.23. The van der Waals surface area contributed by atoms with Gasteiger partial charge in [-0.1, -0.05) is 0 Å². The number of hydrogen-bond acceptors (Lipinski definition) is 3. The van der Waals surface area contributed by atoms with E-state index < -0.39 is 0 Å². The topological polar surface area (TPSA) is 40.9 Å². The summed E-state index contributed by atoms with van der Waals surface area (Å²) in [5.74, 6) is 0. The molecule has 0 bridgehead atoms. The molecule has 0 fully saturated rings. The molecule has 0 aliphatic rings. The highest BCUT2D eigenvalue weighted by atomic mass is 32.1. The van der Waals surface area contributed by atoms with Gasteiger partial charge in [0.1, 0.15) is 6.07 Å². The van der Waals surface area contributed by atoms with E-state index in [4.69, 9.17) is 5.26 Å². The highest BCUT2D eigenvalue weighted by Gasteiger charge is 2.01. The molecule has 0 aromatic carbocycles. The monoisotopic (exact) mass is 151 g/mol. The van der Waals surface area contributed by atoms with Crippen molar-refractivity contribution in [2.24, 2.45) is 0 Å². The van der Waals surface area contributed by atoms with E-state index in [9.17, 15) is 4.79 Å². The summed E-state index contributed by atoms with van der Waals surface area (Å²) in [6, 6.07) is 3.61. The predicted molar refractivity (Wildman–Crippen MR) is 39.2 cm³/mol. The van der Waals surface area contributed by atoms with Crippen LogP contribution in [0.25, 0.3) is 0 Å². The lowest BCUT2D eigenvalue weighted by molar-refractivity contribution is 0.112. The first-order chi connectivity index (χ1) is 4.77. The number of nitriles is 1. The van der Waals surface area contributed by atoms with Crippen molar-refractivity contribution in [2.45, 2.75) is 6.92 Å². The number of nitrogens with zero attached hydrogens (tertiary/aromatic N) is 1. The Kier molecular flexibility index (Phi) is 1.83. The summed E-state index contributed by atoms with van der Waals surface area (Å²) in [7, 11) is 0. The summed E-state index contributed by atoms with van der Waals surface area (Å²) >= 11 is 1.35. The third-order valence-corrected chi connectivity index (χ3v) is 2.15. The van der Waals surface area contributed by atoms with Crippen LogP contribution in [-0.2, 0) is 0 Å². The molecular weight excluding hydrogens is 146 g/mol. The summed E-state index contributed by atoms with van der Waals surface area (Å²) in [4.78, 5) is 11.7.